The molecular formula is C7H11NO2. The van der Waals surface area contributed by atoms with Crippen LogP contribution < -0.4 is 5.32 Å². The molecule has 0 spiro atoms. The topological polar surface area (TPSA) is 38.3 Å². The molecule has 0 radical (unpaired) electrons. The fourth-order valence-corrected chi connectivity index (χ4v) is 0.400. The van der Waals surface area contributed by atoms with E-state index in [4.69, 9.17) is 0 Å². The summed E-state index contributed by atoms with van der Waals surface area (Å²) in [5.74, 6) is -0.188. The van der Waals surface area contributed by atoms with Crippen LogP contribution in [0.15, 0.2) is 24.9 Å². The van der Waals surface area contributed by atoms with Crippen molar-refractivity contribution in [1.82, 2.24) is 5.32 Å². The second kappa shape index (κ2) is 6.04. The summed E-state index contributed by atoms with van der Waals surface area (Å²) in [6.07, 6.45) is 4.35. The molecule has 0 aromatic heterocycles. The quantitative estimate of drug-likeness (QED) is 0.577. The molecule has 0 unspecified atom stereocenters. The fraction of sp³-hybridized carbons (Fsp3) is 0.286. The van der Waals surface area contributed by atoms with E-state index in [-0.39, 0.29) is 5.91 Å². The molecule has 3 heteroatoms. The first-order valence-electron chi connectivity index (χ1n) is 2.88. The summed E-state index contributed by atoms with van der Waals surface area (Å²) >= 11 is 0. The summed E-state index contributed by atoms with van der Waals surface area (Å²) < 4.78 is 4.68. The minimum Gasteiger partial charge on any atom is -0.381 e. The Kier molecular flexibility index (Phi) is 5.38. The Morgan fingerprint density at radius 2 is 2.50 bits per heavy atom. The second-order valence-electron chi connectivity index (χ2n) is 1.57. The first-order valence-corrected chi connectivity index (χ1v) is 2.88. The van der Waals surface area contributed by atoms with Crippen molar-refractivity contribution in [2.24, 2.45) is 0 Å². The standard InChI is InChI=1S/C7H11NO2/c1-3-8-7(9)5-4-6-10-2/h3-5H,1,6H2,2H3,(H,8,9)/b5-4+. The number of methoxy groups -OCH3 is 1. The van der Waals surface area contributed by atoms with Crippen molar-refractivity contribution in [2.45, 2.75) is 0 Å². The van der Waals surface area contributed by atoms with Gasteiger partial charge in [-0.1, -0.05) is 12.7 Å². The van der Waals surface area contributed by atoms with E-state index in [0.717, 1.165) is 0 Å². The Morgan fingerprint density at radius 3 is 3.00 bits per heavy atom. The summed E-state index contributed by atoms with van der Waals surface area (Å²) in [4.78, 5) is 10.6. The van der Waals surface area contributed by atoms with Gasteiger partial charge in [-0.2, -0.15) is 0 Å². The molecular weight excluding hydrogens is 130 g/mol. The van der Waals surface area contributed by atoms with Gasteiger partial charge in [-0.05, 0) is 6.20 Å². The summed E-state index contributed by atoms with van der Waals surface area (Å²) in [5, 5.41) is 2.39. The molecule has 0 aliphatic heterocycles. The van der Waals surface area contributed by atoms with Gasteiger partial charge in [0.25, 0.3) is 0 Å². The molecule has 0 aliphatic rings. The number of hydrogen-bond donors (Lipinski definition) is 1. The molecule has 56 valence electrons. The minimum absolute atomic E-state index is 0.188. The lowest BCUT2D eigenvalue weighted by Crippen LogP contribution is -2.12. The second-order valence-corrected chi connectivity index (χ2v) is 1.57. The fourth-order valence-electron chi connectivity index (χ4n) is 0.400. The molecule has 0 saturated carbocycles. The van der Waals surface area contributed by atoms with E-state index < -0.39 is 0 Å². The number of nitrogens with one attached hydrogen (secondary N) is 1. The molecule has 0 fully saturated rings. The number of rotatable bonds is 4. The normalized spacial score (nSPS) is 9.70. The van der Waals surface area contributed by atoms with Crippen molar-refractivity contribution in [3.05, 3.63) is 24.9 Å². The average molecular weight is 141 g/mol. The van der Waals surface area contributed by atoms with Gasteiger partial charge in [0.05, 0.1) is 6.61 Å². The van der Waals surface area contributed by atoms with Crippen molar-refractivity contribution in [3.63, 3.8) is 0 Å². The molecule has 3 nitrogen and oxygen atoms in total. The smallest absolute Gasteiger partial charge is 0.247 e. The molecule has 0 aromatic carbocycles. The molecule has 10 heavy (non-hydrogen) atoms. The van der Waals surface area contributed by atoms with Crippen LogP contribution in [0.25, 0.3) is 0 Å². The Morgan fingerprint density at radius 1 is 1.80 bits per heavy atom. The number of carbonyl (C=O) groups is 1. The molecule has 0 bridgehead atoms. The first-order chi connectivity index (χ1) is 4.81. The maximum absolute atomic E-state index is 10.6. The molecule has 0 aromatic rings. The molecule has 0 aliphatic carbocycles. The summed E-state index contributed by atoms with van der Waals surface area (Å²) in [5.41, 5.74) is 0. The van der Waals surface area contributed by atoms with Crippen molar-refractivity contribution in [2.75, 3.05) is 13.7 Å². The molecule has 1 N–H and O–H groups in total. The highest BCUT2D eigenvalue weighted by molar-refractivity contribution is 5.88. The van der Waals surface area contributed by atoms with Gasteiger partial charge in [0.15, 0.2) is 0 Å². The van der Waals surface area contributed by atoms with Crippen LogP contribution in [-0.2, 0) is 9.53 Å². The number of hydrogen-bond acceptors (Lipinski definition) is 2. The third-order valence-corrected chi connectivity index (χ3v) is 0.776. The van der Waals surface area contributed by atoms with Crippen LogP contribution in [0.2, 0.25) is 0 Å². The SMILES string of the molecule is C=CNC(=O)/C=C/COC. The Balaban J connectivity index is 3.45. The van der Waals surface area contributed by atoms with E-state index in [2.05, 4.69) is 16.6 Å². The van der Waals surface area contributed by atoms with E-state index >= 15 is 0 Å². The van der Waals surface area contributed by atoms with Gasteiger partial charge < -0.3 is 10.1 Å². The summed E-state index contributed by atoms with van der Waals surface area (Å²) in [6.45, 7) is 3.78. The van der Waals surface area contributed by atoms with Crippen LogP contribution in [0.5, 0.6) is 0 Å². The third kappa shape index (κ3) is 5.05. The van der Waals surface area contributed by atoms with E-state index in [1.165, 1.54) is 12.3 Å². The van der Waals surface area contributed by atoms with E-state index in [9.17, 15) is 4.79 Å². The van der Waals surface area contributed by atoms with Crippen LogP contribution >= 0.6 is 0 Å². The highest BCUT2D eigenvalue weighted by atomic mass is 16.5. The Hall–Kier alpha value is -1.09. The van der Waals surface area contributed by atoms with Crippen LogP contribution in [0.1, 0.15) is 0 Å². The lowest BCUT2D eigenvalue weighted by atomic mass is 10.5. The number of carbonyl (C=O) groups excluding carboxylic acids is 1. The average Bonchev–Trinajstić information content (AvgIpc) is 1.89. The van der Waals surface area contributed by atoms with Crippen LogP contribution in [-0.4, -0.2) is 19.6 Å². The highest BCUT2D eigenvalue weighted by Crippen LogP contribution is 1.74. The van der Waals surface area contributed by atoms with Crippen LogP contribution in [0.4, 0.5) is 0 Å². The van der Waals surface area contributed by atoms with Gasteiger partial charge in [0.1, 0.15) is 0 Å². The maximum Gasteiger partial charge on any atom is 0.247 e. The molecule has 0 atom stereocenters. The number of ether oxygens (including phenoxy) is 1. The molecule has 0 saturated heterocycles. The van der Waals surface area contributed by atoms with Gasteiger partial charge in [0, 0.05) is 13.2 Å². The predicted molar refractivity (Wildman–Crippen MR) is 39.4 cm³/mol. The Bertz CT molecular complexity index is 141. The van der Waals surface area contributed by atoms with Gasteiger partial charge in [-0.25, -0.2) is 0 Å². The van der Waals surface area contributed by atoms with Crippen molar-refractivity contribution < 1.29 is 9.53 Å². The van der Waals surface area contributed by atoms with Crippen LogP contribution in [0, 0.1) is 0 Å². The highest BCUT2D eigenvalue weighted by Gasteiger charge is 1.86. The van der Waals surface area contributed by atoms with E-state index in [0.29, 0.717) is 6.61 Å². The molecule has 1 amide bonds. The largest absolute Gasteiger partial charge is 0.381 e. The first kappa shape index (κ1) is 8.91. The zero-order valence-corrected chi connectivity index (χ0v) is 5.96. The zero-order chi connectivity index (χ0) is 7.82. The van der Waals surface area contributed by atoms with Crippen molar-refractivity contribution in [3.8, 4) is 0 Å². The Labute approximate surface area is 60.4 Å². The maximum atomic E-state index is 10.6. The lowest BCUT2D eigenvalue weighted by Gasteiger charge is -1.90. The van der Waals surface area contributed by atoms with Gasteiger partial charge in [-0.3, -0.25) is 4.79 Å². The lowest BCUT2D eigenvalue weighted by molar-refractivity contribution is -0.115. The monoisotopic (exact) mass is 141 g/mol. The van der Waals surface area contributed by atoms with E-state index in [1.54, 1.807) is 13.2 Å². The van der Waals surface area contributed by atoms with Gasteiger partial charge in [-0.15, -0.1) is 0 Å². The minimum atomic E-state index is -0.188. The molecule has 0 heterocycles. The van der Waals surface area contributed by atoms with Gasteiger partial charge >= 0.3 is 0 Å². The van der Waals surface area contributed by atoms with Crippen molar-refractivity contribution >= 4 is 5.91 Å². The number of amides is 1. The van der Waals surface area contributed by atoms with E-state index in [1.807, 2.05) is 0 Å². The predicted octanol–water partition coefficient (Wildman–Crippen LogP) is 0.449. The van der Waals surface area contributed by atoms with Gasteiger partial charge in [0.2, 0.25) is 5.91 Å². The van der Waals surface area contributed by atoms with Crippen LogP contribution in [0.3, 0.4) is 0 Å². The summed E-state index contributed by atoms with van der Waals surface area (Å²) in [7, 11) is 1.57. The zero-order valence-electron chi connectivity index (χ0n) is 5.96. The molecule has 0 rings (SSSR count). The third-order valence-electron chi connectivity index (χ3n) is 0.776. The van der Waals surface area contributed by atoms with Crippen molar-refractivity contribution in [1.29, 1.82) is 0 Å². The summed E-state index contributed by atoms with van der Waals surface area (Å²) in [6, 6.07) is 0.